The third-order valence-corrected chi connectivity index (χ3v) is 3.85. The molecule has 0 aliphatic carbocycles. The van der Waals surface area contributed by atoms with Crippen LogP contribution in [0, 0.1) is 0 Å². The van der Waals surface area contributed by atoms with Crippen LogP contribution in [-0.4, -0.2) is 48.7 Å². The maximum absolute atomic E-state index is 11.1. The van der Waals surface area contributed by atoms with E-state index in [4.69, 9.17) is 16.2 Å². The average Bonchev–Trinajstić information content (AvgIpc) is 2.35. The van der Waals surface area contributed by atoms with Gasteiger partial charge >= 0.3 is 0 Å². The fraction of sp³-hybridized carbons (Fsp3) is 0.929. The fourth-order valence-electron chi connectivity index (χ4n) is 2.54. The summed E-state index contributed by atoms with van der Waals surface area (Å²) in [4.78, 5) is 13.5. The van der Waals surface area contributed by atoms with Crippen LogP contribution in [0.4, 0.5) is 0 Å². The van der Waals surface area contributed by atoms with E-state index in [-0.39, 0.29) is 0 Å². The lowest BCUT2D eigenvalue weighted by molar-refractivity contribution is -0.122. The van der Waals surface area contributed by atoms with Crippen molar-refractivity contribution in [3.05, 3.63) is 0 Å². The smallest absolute Gasteiger partial charge is 0.237 e. The first-order valence-electron chi connectivity index (χ1n) is 7.38. The van der Waals surface area contributed by atoms with Crippen molar-refractivity contribution in [1.29, 1.82) is 0 Å². The van der Waals surface area contributed by atoms with E-state index in [1.807, 2.05) is 6.92 Å². The second-order valence-corrected chi connectivity index (χ2v) is 5.76. The Balaban J connectivity index is 2.17. The molecule has 1 fully saturated rings. The van der Waals surface area contributed by atoms with Gasteiger partial charge in [-0.05, 0) is 59.0 Å². The van der Waals surface area contributed by atoms with E-state index in [2.05, 4.69) is 4.90 Å². The SMILES string of the molecule is CCOC1CCCN(CCCCC(C)(N)C(N)=O)C1. The van der Waals surface area contributed by atoms with Crippen LogP contribution in [0.25, 0.3) is 0 Å². The van der Waals surface area contributed by atoms with Gasteiger partial charge in [0.1, 0.15) is 0 Å². The van der Waals surface area contributed by atoms with Crippen molar-refractivity contribution in [2.45, 2.75) is 57.6 Å². The maximum Gasteiger partial charge on any atom is 0.237 e. The topological polar surface area (TPSA) is 81.6 Å². The lowest BCUT2D eigenvalue weighted by Gasteiger charge is -2.32. The van der Waals surface area contributed by atoms with Gasteiger partial charge in [-0.1, -0.05) is 0 Å². The van der Waals surface area contributed by atoms with Crippen LogP contribution in [0.5, 0.6) is 0 Å². The van der Waals surface area contributed by atoms with E-state index >= 15 is 0 Å². The zero-order valence-electron chi connectivity index (χ0n) is 12.4. The summed E-state index contributed by atoms with van der Waals surface area (Å²) < 4.78 is 5.68. The number of hydrogen-bond donors (Lipinski definition) is 2. The standard InChI is InChI=1S/C14H29N3O2/c1-3-19-12-7-6-10-17(11-12)9-5-4-8-14(2,16)13(15)18/h12H,3-11,16H2,1-2H3,(H2,15,18). The van der Waals surface area contributed by atoms with E-state index in [1.165, 1.54) is 12.8 Å². The molecule has 2 unspecified atom stereocenters. The highest BCUT2D eigenvalue weighted by molar-refractivity contribution is 5.83. The summed E-state index contributed by atoms with van der Waals surface area (Å²) in [5, 5.41) is 0. The molecule has 1 heterocycles. The highest BCUT2D eigenvalue weighted by Crippen LogP contribution is 2.15. The van der Waals surface area contributed by atoms with Gasteiger partial charge in [0.25, 0.3) is 0 Å². The van der Waals surface area contributed by atoms with Gasteiger partial charge in [0.15, 0.2) is 0 Å². The molecule has 0 aromatic rings. The number of carbonyl (C=O) groups excluding carboxylic acids is 1. The minimum absolute atomic E-state index is 0.393. The number of nitrogens with zero attached hydrogens (tertiary/aromatic N) is 1. The number of piperidine rings is 1. The number of rotatable bonds is 8. The molecular weight excluding hydrogens is 242 g/mol. The van der Waals surface area contributed by atoms with Gasteiger partial charge < -0.3 is 21.1 Å². The Labute approximate surface area is 116 Å². The minimum Gasteiger partial charge on any atom is -0.377 e. The zero-order valence-corrected chi connectivity index (χ0v) is 12.4. The number of likely N-dealkylation sites (tertiary alicyclic amines) is 1. The van der Waals surface area contributed by atoms with Gasteiger partial charge in [0.05, 0.1) is 11.6 Å². The van der Waals surface area contributed by atoms with Crippen molar-refractivity contribution in [3.8, 4) is 0 Å². The Morgan fingerprint density at radius 2 is 2.21 bits per heavy atom. The molecule has 4 N–H and O–H groups in total. The number of ether oxygens (including phenoxy) is 1. The molecule has 1 aliphatic rings. The lowest BCUT2D eigenvalue weighted by Crippen LogP contribution is -2.49. The normalized spacial score (nSPS) is 24.1. The number of unbranched alkanes of at least 4 members (excludes halogenated alkanes) is 1. The first-order chi connectivity index (χ1) is 8.95. The number of carbonyl (C=O) groups is 1. The van der Waals surface area contributed by atoms with Crippen molar-refractivity contribution >= 4 is 5.91 Å². The first kappa shape index (κ1) is 16.4. The van der Waals surface area contributed by atoms with E-state index in [0.29, 0.717) is 12.5 Å². The summed E-state index contributed by atoms with van der Waals surface area (Å²) in [6.07, 6.45) is 5.42. The Kier molecular flexibility index (Phi) is 6.75. The van der Waals surface area contributed by atoms with Gasteiger partial charge in [0, 0.05) is 13.2 Å². The van der Waals surface area contributed by atoms with Crippen LogP contribution >= 0.6 is 0 Å². The van der Waals surface area contributed by atoms with Crippen molar-refractivity contribution in [2.75, 3.05) is 26.2 Å². The zero-order chi connectivity index (χ0) is 14.3. The molecule has 5 heteroatoms. The molecule has 0 aromatic carbocycles. The maximum atomic E-state index is 11.1. The van der Waals surface area contributed by atoms with Crippen molar-refractivity contribution in [1.82, 2.24) is 4.90 Å². The van der Waals surface area contributed by atoms with Crippen LogP contribution in [-0.2, 0) is 9.53 Å². The van der Waals surface area contributed by atoms with Crippen LogP contribution in [0.1, 0.15) is 46.0 Å². The molecule has 0 bridgehead atoms. The van der Waals surface area contributed by atoms with E-state index in [9.17, 15) is 4.79 Å². The highest BCUT2D eigenvalue weighted by atomic mass is 16.5. The molecule has 0 radical (unpaired) electrons. The van der Waals surface area contributed by atoms with Crippen LogP contribution in [0.2, 0.25) is 0 Å². The van der Waals surface area contributed by atoms with Gasteiger partial charge in [-0.15, -0.1) is 0 Å². The largest absolute Gasteiger partial charge is 0.377 e. The summed E-state index contributed by atoms with van der Waals surface area (Å²) in [6, 6.07) is 0. The third-order valence-electron chi connectivity index (χ3n) is 3.85. The van der Waals surface area contributed by atoms with E-state index in [1.54, 1.807) is 6.92 Å². The Hall–Kier alpha value is -0.650. The number of amides is 1. The predicted molar refractivity (Wildman–Crippen MR) is 76.7 cm³/mol. The number of nitrogens with two attached hydrogens (primary N) is 2. The molecule has 112 valence electrons. The molecule has 0 aromatic heterocycles. The summed E-state index contributed by atoms with van der Waals surface area (Å²) >= 11 is 0. The quantitative estimate of drug-likeness (QED) is 0.642. The average molecular weight is 271 g/mol. The number of hydrogen-bond acceptors (Lipinski definition) is 4. The Morgan fingerprint density at radius 3 is 2.84 bits per heavy atom. The van der Waals surface area contributed by atoms with E-state index in [0.717, 1.165) is 39.1 Å². The lowest BCUT2D eigenvalue weighted by atomic mass is 9.95. The number of primary amides is 1. The predicted octanol–water partition coefficient (Wildman–Crippen LogP) is 0.860. The molecule has 1 amide bonds. The second kappa shape index (κ2) is 7.82. The molecule has 1 aliphatic heterocycles. The van der Waals surface area contributed by atoms with Crippen molar-refractivity contribution in [2.24, 2.45) is 11.5 Å². The molecule has 1 rings (SSSR count). The second-order valence-electron chi connectivity index (χ2n) is 5.76. The molecule has 5 nitrogen and oxygen atoms in total. The minimum atomic E-state index is -0.865. The summed E-state index contributed by atoms with van der Waals surface area (Å²) in [5.74, 6) is -0.415. The van der Waals surface area contributed by atoms with Crippen LogP contribution < -0.4 is 11.5 Å². The molecule has 2 atom stereocenters. The Morgan fingerprint density at radius 1 is 1.47 bits per heavy atom. The molecule has 1 saturated heterocycles. The van der Waals surface area contributed by atoms with Crippen molar-refractivity contribution < 1.29 is 9.53 Å². The highest BCUT2D eigenvalue weighted by Gasteiger charge is 2.25. The molecule has 19 heavy (non-hydrogen) atoms. The first-order valence-corrected chi connectivity index (χ1v) is 7.38. The van der Waals surface area contributed by atoms with Gasteiger partial charge in [0.2, 0.25) is 5.91 Å². The monoisotopic (exact) mass is 271 g/mol. The fourth-order valence-corrected chi connectivity index (χ4v) is 2.54. The van der Waals surface area contributed by atoms with Gasteiger partial charge in [-0.2, -0.15) is 0 Å². The van der Waals surface area contributed by atoms with E-state index < -0.39 is 11.4 Å². The van der Waals surface area contributed by atoms with Gasteiger partial charge in [-0.25, -0.2) is 0 Å². The van der Waals surface area contributed by atoms with Crippen LogP contribution in [0.3, 0.4) is 0 Å². The van der Waals surface area contributed by atoms with Crippen molar-refractivity contribution in [3.63, 3.8) is 0 Å². The summed E-state index contributed by atoms with van der Waals surface area (Å²) in [5.41, 5.74) is 10.2. The molecular formula is C14H29N3O2. The van der Waals surface area contributed by atoms with Gasteiger partial charge in [-0.3, -0.25) is 4.79 Å². The molecule has 0 spiro atoms. The van der Waals surface area contributed by atoms with Crippen LogP contribution in [0.15, 0.2) is 0 Å². The molecule has 0 saturated carbocycles. The Bertz CT molecular complexity index is 280. The third kappa shape index (κ3) is 5.89. The summed E-state index contributed by atoms with van der Waals surface area (Å²) in [7, 11) is 0. The summed E-state index contributed by atoms with van der Waals surface area (Å²) in [6.45, 7) is 7.79.